The highest BCUT2D eigenvalue weighted by Gasteiger charge is 2.19. The van der Waals surface area contributed by atoms with E-state index < -0.39 is 0 Å². The Morgan fingerprint density at radius 1 is 1.12 bits per heavy atom. The van der Waals surface area contributed by atoms with Crippen LogP contribution in [0.15, 0.2) is 42.5 Å². The fourth-order valence-corrected chi connectivity index (χ4v) is 3.13. The predicted molar refractivity (Wildman–Crippen MR) is 105 cm³/mol. The lowest BCUT2D eigenvalue weighted by atomic mass is 10.2. The fraction of sp³-hybridized carbons (Fsp3) is 0.368. The number of anilines is 1. The maximum absolute atomic E-state index is 5.55. The van der Waals surface area contributed by atoms with Gasteiger partial charge in [0.15, 0.2) is 5.11 Å². The number of pyridine rings is 1. The molecule has 1 aliphatic heterocycles. The molecule has 25 heavy (non-hydrogen) atoms. The SMILES string of the molecule is COc1ccc(CNC(=S)N2CCN(c3cccc(C)n3)CC2)cc1. The van der Waals surface area contributed by atoms with Crippen LogP contribution in [-0.2, 0) is 6.54 Å². The van der Waals surface area contributed by atoms with Crippen LogP contribution < -0.4 is 15.0 Å². The van der Waals surface area contributed by atoms with Crippen LogP contribution in [0, 0.1) is 6.92 Å². The summed E-state index contributed by atoms with van der Waals surface area (Å²) in [5.74, 6) is 1.92. The Morgan fingerprint density at radius 2 is 1.84 bits per heavy atom. The number of aryl methyl sites for hydroxylation is 1. The third-order valence-electron chi connectivity index (χ3n) is 4.37. The average molecular weight is 356 g/mol. The van der Waals surface area contributed by atoms with Crippen molar-refractivity contribution < 1.29 is 4.74 Å². The molecule has 0 amide bonds. The van der Waals surface area contributed by atoms with E-state index in [1.165, 1.54) is 5.56 Å². The van der Waals surface area contributed by atoms with Crippen LogP contribution in [0.4, 0.5) is 5.82 Å². The highest BCUT2D eigenvalue weighted by molar-refractivity contribution is 7.80. The van der Waals surface area contributed by atoms with Gasteiger partial charge >= 0.3 is 0 Å². The van der Waals surface area contributed by atoms with Gasteiger partial charge in [0.2, 0.25) is 0 Å². The summed E-state index contributed by atoms with van der Waals surface area (Å²) in [6.07, 6.45) is 0. The molecule has 1 aromatic carbocycles. The summed E-state index contributed by atoms with van der Waals surface area (Å²) >= 11 is 5.55. The van der Waals surface area contributed by atoms with Crippen LogP contribution in [0.1, 0.15) is 11.3 Å². The molecule has 0 bridgehead atoms. The van der Waals surface area contributed by atoms with Crippen molar-refractivity contribution in [3.63, 3.8) is 0 Å². The van der Waals surface area contributed by atoms with Gasteiger partial charge in [-0.15, -0.1) is 0 Å². The zero-order valence-corrected chi connectivity index (χ0v) is 15.6. The van der Waals surface area contributed by atoms with Gasteiger partial charge in [-0.1, -0.05) is 18.2 Å². The fourth-order valence-electron chi connectivity index (χ4n) is 2.88. The number of thiocarbonyl (C=S) groups is 1. The average Bonchev–Trinajstić information content (AvgIpc) is 2.66. The lowest BCUT2D eigenvalue weighted by Gasteiger charge is -2.37. The summed E-state index contributed by atoms with van der Waals surface area (Å²) in [5.41, 5.74) is 2.24. The van der Waals surface area contributed by atoms with Gasteiger partial charge in [-0.3, -0.25) is 0 Å². The zero-order chi connectivity index (χ0) is 17.6. The highest BCUT2D eigenvalue weighted by Crippen LogP contribution is 2.14. The van der Waals surface area contributed by atoms with Gasteiger partial charge < -0.3 is 19.9 Å². The molecule has 2 aromatic rings. The van der Waals surface area contributed by atoms with Crippen molar-refractivity contribution in [3.8, 4) is 5.75 Å². The van der Waals surface area contributed by atoms with E-state index in [9.17, 15) is 0 Å². The van der Waals surface area contributed by atoms with Crippen LogP contribution in [-0.4, -0.2) is 48.3 Å². The largest absolute Gasteiger partial charge is 0.497 e. The second kappa shape index (κ2) is 8.16. The summed E-state index contributed by atoms with van der Waals surface area (Å²) in [6.45, 7) is 6.43. The number of ether oxygens (including phenoxy) is 1. The number of nitrogens with zero attached hydrogens (tertiary/aromatic N) is 3. The summed E-state index contributed by atoms with van der Waals surface area (Å²) in [5, 5.41) is 4.16. The number of rotatable bonds is 4. The Morgan fingerprint density at radius 3 is 2.48 bits per heavy atom. The molecule has 1 aromatic heterocycles. The third-order valence-corrected chi connectivity index (χ3v) is 4.77. The van der Waals surface area contributed by atoms with Crippen molar-refractivity contribution in [2.75, 3.05) is 38.2 Å². The standard InChI is InChI=1S/C19H24N4OS/c1-15-4-3-5-18(21-15)22-10-12-23(13-11-22)19(25)20-14-16-6-8-17(24-2)9-7-16/h3-9H,10-14H2,1-2H3,(H,20,25). The van der Waals surface area contributed by atoms with Crippen LogP contribution >= 0.6 is 12.2 Å². The Balaban J connectivity index is 1.48. The van der Waals surface area contributed by atoms with Crippen molar-refractivity contribution >= 4 is 23.1 Å². The summed E-state index contributed by atoms with van der Waals surface area (Å²) in [6, 6.07) is 14.2. The Kier molecular flexibility index (Phi) is 5.71. The molecule has 6 heteroatoms. The number of nitrogens with one attached hydrogen (secondary N) is 1. The predicted octanol–water partition coefficient (Wildman–Crippen LogP) is 2.60. The van der Waals surface area contributed by atoms with Gasteiger partial charge in [0.05, 0.1) is 7.11 Å². The molecule has 132 valence electrons. The smallest absolute Gasteiger partial charge is 0.169 e. The van der Waals surface area contributed by atoms with E-state index in [0.29, 0.717) is 0 Å². The molecule has 0 unspecified atom stereocenters. The molecule has 1 N–H and O–H groups in total. The lowest BCUT2D eigenvalue weighted by molar-refractivity contribution is 0.378. The van der Waals surface area contributed by atoms with Gasteiger partial charge in [-0.2, -0.15) is 0 Å². The molecule has 3 rings (SSSR count). The first-order valence-electron chi connectivity index (χ1n) is 8.50. The second-order valence-corrected chi connectivity index (χ2v) is 6.50. The Bertz CT molecular complexity index is 712. The molecular weight excluding hydrogens is 332 g/mol. The van der Waals surface area contributed by atoms with E-state index in [4.69, 9.17) is 17.0 Å². The first kappa shape index (κ1) is 17.5. The molecule has 1 fully saturated rings. The topological polar surface area (TPSA) is 40.6 Å². The monoisotopic (exact) mass is 356 g/mol. The molecule has 0 atom stereocenters. The molecule has 5 nitrogen and oxygen atoms in total. The van der Waals surface area contributed by atoms with Crippen LogP contribution in [0.5, 0.6) is 5.75 Å². The first-order valence-corrected chi connectivity index (χ1v) is 8.91. The van der Waals surface area contributed by atoms with Crippen molar-refractivity contribution in [2.45, 2.75) is 13.5 Å². The number of hydrogen-bond donors (Lipinski definition) is 1. The zero-order valence-electron chi connectivity index (χ0n) is 14.7. The molecule has 0 radical (unpaired) electrons. The van der Waals surface area contributed by atoms with Crippen LogP contribution in [0.3, 0.4) is 0 Å². The van der Waals surface area contributed by atoms with Crippen LogP contribution in [0.2, 0.25) is 0 Å². The van der Waals surface area contributed by atoms with E-state index in [2.05, 4.69) is 44.4 Å². The number of hydrogen-bond acceptors (Lipinski definition) is 4. The number of methoxy groups -OCH3 is 1. The maximum atomic E-state index is 5.55. The summed E-state index contributed by atoms with van der Waals surface area (Å²) in [7, 11) is 1.67. The van der Waals surface area contributed by atoms with Crippen molar-refractivity contribution in [1.82, 2.24) is 15.2 Å². The summed E-state index contributed by atoms with van der Waals surface area (Å²) < 4.78 is 5.18. The molecule has 0 aliphatic carbocycles. The van der Waals surface area contributed by atoms with Crippen molar-refractivity contribution in [3.05, 3.63) is 53.7 Å². The second-order valence-electron chi connectivity index (χ2n) is 6.12. The normalized spacial score (nSPS) is 14.3. The van der Waals surface area contributed by atoms with E-state index in [1.807, 2.05) is 25.1 Å². The van der Waals surface area contributed by atoms with E-state index in [0.717, 1.165) is 55.1 Å². The van der Waals surface area contributed by atoms with Gasteiger partial charge in [0.1, 0.15) is 11.6 Å². The van der Waals surface area contributed by atoms with Gasteiger partial charge in [-0.05, 0) is 49.0 Å². The minimum atomic E-state index is 0.725. The molecular formula is C19H24N4OS. The number of aromatic nitrogens is 1. The number of benzene rings is 1. The molecule has 2 heterocycles. The number of piperazine rings is 1. The quantitative estimate of drug-likeness (QED) is 0.850. The first-order chi connectivity index (χ1) is 12.2. The Hall–Kier alpha value is -2.34. The van der Waals surface area contributed by atoms with Gasteiger partial charge in [0.25, 0.3) is 0 Å². The van der Waals surface area contributed by atoms with E-state index in [-0.39, 0.29) is 0 Å². The van der Waals surface area contributed by atoms with Gasteiger partial charge in [0, 0.05) is 38.4 Å². The van der Waals surface area contributed by atoms with Crippen LogP contribution in [0.25, 0.3) is 0 Å². The molecule has 0 spiro atoms. The molecule has 1 saturated heterocycles. The summed E-state index contributed by atoms with van der Waals surface area (Å²) in [4.78, 5) is 9.15. The maximum Gasteiger partial charge on any atom is 0.169 e. The minimum Gasteiger partial charge on any atom is -0.497 e. The van der Waals surface area contributed by atoms with Crippen molar-refractivity contribution in [1.29, 1.82) is 0 Å². The van der Waals surface area contributed by atoms with E-state index in [1.54, 1.807) is 7.11 Å². The lowest BCUT2D eigenvalue weighted by Crippen LogP contribution is -2.51. The molecule has 1 aliphatic rings. The van der Waals surface area contributed by atoms with E-state index >= 15 is 0 Å². The Labute approximate surface area is 154 Å². The molecule has 0 saturated carbocycles. The van der Waals surface area contributed by atoms with Crippen molar-refractivity contribution in [2.24, 2.45) is 0 Å². The highest BCUT2D eigenvalue weighted by atomic mass is 32.1. The van der Waals surface area contributed by atoms with Gasteiger partial charge in [-0.25, -0.2) is 4.98 Å². The minimum absolute atomic E-state index is 0.725. The third kappa shape index (κ3) is 4.60.